The molecular weight excluding hydrogens is 204 g/mol. The quantitative estimate of drug-likeness (QED) is 0.615. The van der Waals surface area contributed by atoms with Gasteiger partial charge >= 0.3 is 0 Å². The van der Waals surface area contributed by atoms with Crippen LogP contribution in [0, 0.1) is 11.3 Å². The van der Waals surface area contributed by atoms with Crippen molar-refractivity contribution >= 4 is 12.6 Å². The summed E-state index contributed by atoms with van der Waals surface area (Å²) in [5.41, 5.74) is 6.49. The summed E-state index contributed by atoms with van der Waals surface area (Å²) in [4.78, 5) is 0. The largest absolute Gasteiger partial charge is 0.327 e. The average molecular weight is 232 g/mol. The van der Waals surface area contributed by atoms with Gasteiger partial charge in [-0.3, -0.25) is 0 Å². The van der Waals surface area contributed by atoms with Gasteiger partial charge in [0.05, 0.1) is 0 Å². The van der Waals surface area contributed by atoms with Gasteiger partial charge in [0.15, 0.2) is 0 Å². The van der Waals surface area contributed by atoms with Gasteiger partial charge in [-0.2, -0.15) is 12.6 Å². The summed E-state index contributed by atoms with van der Waals surface area (Å²) in [6, 6.07) is 0.255. The number of hydrogen-bond acceptors (Lipinski definition) is 3. The Labute approximate surface area is 101 Å². The lowest BCUT2D eigenvalue weighted by molar-refractivity contribution is 0.189. The number of hydrogen-bond donors (Lipinski definition) is 3. The molecule has 0 fully saturated rings. The number of thiol groups is 1. The molecule has 0 amide bonds. The van der Waals surface area contributed by atoms with Crippen LogP contribution >= 0.6 is 12.6 Å². The van der Waals surface area contributed by atoms with E-state index in [2.05, 4.69) is 45.6 Å². The summed E-state index contributed by atoms with van der Waals surface area (Å²) in [6.07, 6.45) is 2.23. The van der Waals surface area contributed by atoms with E-state index in [1.54, 1.807) is 0 Å². The molecular formula is C12H28N2S. The predicted molar refractivity (Wildman–Crippen MR) is 72.5 cm³/mol. The highest BCUT2D eigenvalue weighted by atomic mass is 32.1. The van der Waals surface area contributed by atoms with E-state index in [1.165, 1.54) is 0 Å². The minimum atomic E-state index is 0.220. The van der Waals surface area contributed by atoms with Crippen LogP contribution in [0.15, 0.2) is 0 Å². The fourth-order valence-corrected chi connectivity index (χ4v) is 3.20. The highest BCUT2D eigenvalue weighted by molar-refractivity contribution is 7.81. The highest BCUT2D eigenvalue weighted by Gasteiger charge is 2.34. The molecule has 0 spiro atoms. The zero-order valence-electron chi connectivity index (χ0n) is 10.9. The van der Waals surface area contributed by atoms with E-state index in [9.17, 15) is 0 Å². The van der Waals surface area contributed by atoms with Crippen LogP contribution in [-0.4, -0.2) is 24.9 Å². The molecule has 92 valence electrons. The minimum absolute atomic E-state index is 0.220. The molecule has 2 nitrogen and oxygen atoms in total. The van der Waals surface area contributed by atoms with E-state index in [0.29, 0.717) is 11.2 Å². The Hall–Kier alpha value is 0.270. The smallest absolute Gasteiger partial charge is 0.0190 e. The van der Waals surface area contributed by atoms with E-state index in [4.69, 9.17) is 5.73 Å². The van der Waals surface area contributed by atoms with Crippen LogP contribution < -0.4 is 11.1 Å². The Bertz CT molecular complexity index is 153. The fraction of sp³-hybridized carbons (Fsp3) is 1.00. The maximum atomic E-state index is 6.27. The second kappa shape index (κ2) is 6.77. The van der Waals surface area contributed by atoms with Gasteiger partial charge in [-0.25, -0.2) is 0 Å². The first-order valence-corrected chi connectivity index (χ1v) is 6.44. The predicted octanol–water partition coefficient (Wildman–Crippen LogP) is 2.29. The van der Waals surface area contributed by atoms with Crippen molar-refractivity contribution in [1.29, 1.82) is 0 Å². The highest BCUT2D eigenvalue weighted by Crippen LogP contribution is 2.34. The monoisotopic (exact) mass is 232 g/mol. The normalized spacial score (nSPS) is 18.6. The van der Waals surface area contributed by atoms with Crippen molar-refractivity contribution in [2.45, 2.75) is 51.8 Å². The first-order chi connectivity index (χ1) is 6.84. The van der Waals surface area contributed by atoms with Crippen molar-refractivity contribution in [1.82, 2.24) is 5.32 Å². The minimum Gasteiger partial charge on any atom is -0.327 e. The standard InChI is InChI=1S/C12H28N2S/c1-6-7-9(13)11(12(2,3)4)10(15)8-14-5/h9-11,14-15H,6-8,13H2,1-5H3. The van der Waals surface area contributed by atoms with Gasteiger partial charge in [0.25, 0.3) is 0 Å². The molecule has 3 N–H and O–H groups in total. The van der Waals surface area contributed by atoms with Gasteiger partial charge in [-0.1, -0.05) is 34.1 Å². The van der Waals surface area contributed by atoms with Crippen molar-refractivity contribution in [2.24, 2.45) is 17.1 Å². The zero-order valence-corrected chi connectivity index (χ0v) is 11.8. The van der Waals surface area contributed by atoms with Crippen molar-refractivity contribution in [3.05, 3.63) is 0 Å². The summed E-state index contributed by atoms with van der Waals surface area (Å²) in [7, 11) is 1.97. The van der Waals surface area contributed by atoms with E-state index >= 15 is 0 Å². The number of rotatable bonds is 6. The molecule has 0 heterocycles. The van der Waals surface area contributed by atoms with Crippen molar-refractivity contribution in [2.75, 3.05) is 13.6 Å². The van der Waals surface area contributed by atoms with E-state index < -0.39 is 0 Å². The molecule has 0 saturated heterocycles. The summed E-state index contributed by atoms with van der Waals surface area (Å²) in [5.74, 6) is 0.452. The van der Waals surface area contributed by atoms with E-state index in [-0.39, 0.29) is 11.5 Å². The fourth-order valence-electron chi connectivity index (χ4n) is 2.35. The van der Waals surface area contributed by atoms with Crippen LogP contribution in [0.5, 0.6) is 0 Å². The Balaban J connectivity index is 4.57. The molecule has 15 heavy (non-hydrogen) atoms. The summed E-state index contributed by atoms with van der Waals surface area (Å²) in [6.45, 7) is 9.87. The molecule has 3 unspecified atom stereocenters. The van der Waals surface area contributed by atoms with Crippen LogP contribution in [-0.2, 0) is 0 Å². The van der Waals surface area contributed by atoms with Gasteiger partial charge in [0.2, 0.25) is 0 Å². The van der Waals surface area contributed by atoms with Gasteiger partial charge < -0.3 is 11.1 Å². The van der Waals surface area contributed by atoms with Crippen LogP contribution in [0.3, 0.4) is 0 Å². The van der Waals surface area contributed by atoms with Crippen molar-refractivity contribution in [3.63, 3.8) is 0 Å². The number of nitrogens with two attached hydrogens (primary N) is 1. The molecule has 0 aliphatic rings. The number of nitrogens with one attached hydrogen (secondary N) is 1. The second-order valence-corrected chi connectivity index (χ2v) is 6.13. The molecule has 0 aliphatic carbocycles. The van der Waals surface area contributed by atoms with Gasteiger partial charge in [0, 0.05) is 17.8 Å². The molecule has 0 radical (unpaired) electrons. The van der Waals surface area contributed by atoms with Crippen LogP contribution in [0.4, 0.5) is 0 Å². The first-order valence-electron chi connectivity index (χ1n) is 5.92. The average Bonchev–Trinajstić information content (AvgIpc) is 2.01. The molecule has 0 aromatic rings. The topological polar surface area (TPSA) is 38.0 Å². The van der Waals surface area contributed by atoms with Gasteiger partial charge in [0.1, 0.15) is 0 Å². The Morgan fingerprint density at radius 1 is 1.33 bits per heavy atom. The molecule has 0 aliphatic heterocycles. The Kier molecular flexibility index (Phi) is 6.89. The first kappa shape index (κ1) is 15.3. The lowest BCUT2D eigenvalue weighted by Crippen LogP contribution is -2.46. The maximum Gasteiger partial charge on any atom is 0.0190 e. The third-order valence-electron chi connectivity index (χ3n) is 2.91. The molecule has 0 aromatic heterocycles. The second-order valence-electron chi connectivity index (χ2n) is 5.47. The summed E-state index contributed by atoms with van der Waals surface area (Å²) < 4.78 is 0. The van der Waals surface area contributed by atoms with Crippen molar-refractivity contribution in [3.8, 4) is 0 Å². The van der Waals surface area contributed by atoms with E-state index in [0.717, 1.165) is 19.4 Å². The molecule has 0 saturated carbocycles. The Morgan fingerprint density at radius 3 is 2.20 bits per heavy atom. The Morgan fingerprint density at radius 2 is 1.87 bits per heavy atom. The summed E-state index contributed by atoms with van der Waals surface area (Å²) >= 11 is 4.69. The summed E-state index contributed by atoms with van der Waals surface area (Å²) in [5, 5.41) is 3.52. The molecule has 0 bridgehead atoms. The lowest BCUT2D eigenvalue weighted by atomic mass is 9.73. The van der Waals surface area contributed by atoms with Gasteiger partial charge in [-0.15, -0.1) is 0 Å². The molecule has 3 heteroatoms. The van der Waals surface area contributed by atoms with E-state index in [1.807, 2.05) is 7.05 Å². The lowest BCUT2D eigenvalue weighted by Gasteiger charge is -2.39. The molecule has 0 rings (SSSR count). The molecule has 3 atom stereocenters. The third kappa shape index (κ3) is 5.23. The van der Waals surface area contributed by atoms with Crippen LogP contribution in [0.1, 0.15) is 40.5 Å². The van der Waals surface area contributed by atoms with Crippen molar-refractivity contribution < 1.29 is 0 Å². The van der Waals surface area contributed by atoms with Crippen LogP contribution in [0.2, 0.25) is 0 Å². The van der Waals surface area contributed by atoms with Gasteiger partial charge in [-0.05, 0) is 24.8 Å². The van der Waals surface area contributed by atoms with Crippen LogP contribution in [0.25, 0.3) is 0 Å². The zero-order chi connectivity index (χ0) is 12.1. The third-order valence-corrected chi connectivity index (χ3v) is 3.41. The maximum absolute atomic E-state index is 6.27. The molecule has 0 aromatic carbocycles. The SMILES string of the molecule is CCCC(N)C(C(S)CNC)C(C)(C)C.